The minimum atomic E-state index is -0.237. The van der Waals surface area contributed by atoms with E-state index in [9.17, 15) is 4.39 Å². The molecule has 2 aromatic carbocycles. The maximum absolute atomic E-state index is 13.3. The lowest BCUT2D eigenvalue weighted by atomic mass is 10.1. The zero-order valence-corrected chi connectivity index (χ0v) is 18.5. The lowest BCUT2D eigenvalue weighted by Gasteiger charge is -2.26. The van der Waals surface area contributed by atoms with Gasteiger partial charge in [0, 0.05) is 20.1 Å². The highest BCUT2D eigenvalue weighted by Crippen LogP contribution is 2.20. The zero-order chi connectivity index (χ0) is 18.9. The number of guanidine groups is 1. The molecule has 1 unspecified atom stereocenters. The Balaban J connectivity index is 0.00000364. The Morgan fingerprint density at radius 1 is 1.15 bits per heavy atom. The summed E-state index contributed by atoms with van der Waals surface area (Å²) in [5.74, 6) is 1.28. The highest BCUT2D eigenvalue weighted by molar-refractivity contribution is 14.0. The topological polar surface area (TPSA) is 48.9 Å². The van der Waals surface area contributed by atoms with Gasteiger partial charge < -0.3 is 20.3 Å². The van der Waals surface area contributed by atoms with E-state index in [1.165, 1.54) is 17.7 Å². The second-order valence-electron chi connectivity index (χ2n) is 6.19. The van der Waals surface area contributed by atoms with Gasteiger partial charge >= 0.3 is 0 Å². The molecule has 0 aliphatic heterocycles. The van der Waals surface area contributed by atoms with E-state index in [4.69, 9.17) is 4.74 Å². The molecular formula is C20H28FIN4O. The lowest BCUT2D eigenvalue weighted by Crippen LogP contribution is -2.41. The first-order valence-corrected chi connectivity index (χ1v) is 8.53. The van der Waals surface area contributed by atoms with E-state index >= 15 is 0 Å². The quantitative estimate of drug-likeness (QED) is 0.358. The average molecular weight is 486 g/mol. The number of rotatable bonds is 7. The lowest BCUT2D eigenvalue weighted by molar-refractivity contribution is 0.298. The Bertz CT molecular complexity index is 722. The molecule has 0 saturated carbocycles. The van der Waals surface area contributed by atoms with Crippen LogP contribution < -0.4 is 15.4 Å². The summed E-state index contributed by atoms with van der Waals surface area (Å²) >= 11 is 0. The normalized spacial score (nSPS) is 12.3. The molecule has 7 heteroatoms. The van der Waals surface area contributed by atoms with Crippen LogP contribution in [-0.4, -0.2) is 45.7 Å². The van der Waals surface area contributed by atoms with Crippen molar-refractivity contribution in [2.24, 2.45) is 4.99 Å². The van der Waals surface area contributed by atoms with Gasteiger partial charge in [-0.25, -0.2) is 4.39 Å². The molecule has 2 aromatic rings. The highest BCUT2D eigenvalue weighted by atomic mass is 127. The summed E-state index contributed by atoms with van der Waals surface area (Å²) in [7, 11) is 7.46. The number of likely N-dealkylation sites (N-methyl/N-ethyl adjacent to an activating group) is 1. The fraction of sp³-hybridized carbons (Fsp3) is 0.350. The van der Waals surface area contributed by atoms with Crippen LogP contribution in [0.4, 0.5) is 4.39 Å². The molecule has 0 heterocycles. The summed E-state index contributed by atoms with van der Waals surface area (Å²) in [4.78, 5) is 6.39. The van der Waals surface area contributed by atoms with Crippen LogP contribution in [-0.2, 0) is 6.54 Å². The van der Waals surface area contributed by atoms with Crippen molar-refractivity contribution in [3.05, 3.63) is 65.5 Å². The Morgan fingerprint density at radius 3 is 2.41 bits per heavy atom. The molecule has 0 spiro atoms. The molecule has 0 fully saturated rings. The van der Waals surface area contributed by atoms with E-state index in [2.05, 4.69) is 32.7 Å². The van der Waals surface area contributed by atoms with Gasteiger partial charge in [0.1, 0.15) is 11.6 Å². The third kappa shape index (κ3) is 7.34. The molecule has 0 radical (unpaired) electrons. The summed E-state index contributed by atoms with van der Waals surface area (Å²) in [5, 5.41) is 6.55. The number of aliphatic imine (C=N–C) groups is 1. The number of methoxy groups -OCH3 is 1. The number of ether oxygens (including phenoxy) is 1. The van der Waals surface area contributed by atoms with Crippen LogP contribution in [0.3, 0.4) is 0 Å². The summed E-state index contributed by atoms with van der Waals surface area (Å²) in [6, 6.07) is 14.8. The Kier molecular flexibility index (Phi) is 10.1. The largest absolute Gasteiger partial charge is 0.497 e. The van der Waals surface area contributed by atoms with Gasteiger partial charge in [-0.1, -0.05) is 24.3 Å². The second-order valence-corrected chi connectivity index (χ2v) is 6.19. The summed E-state index contributed by atoms with van der Waals surface area (Å²) < 4.78 is 18.5. The molecule has 5 nitrogen and oxygen atoms in total. The van der Waals surface area contributed by atoms with E-state index in [-0.39, 0.29) is 35.8 Å². The number of benzene rings is 2. The maximum atomic E-state index is 13.3. The predicted octanol–water partition coefficient (Wildman–Crippen LogP) is 3.42. The fourth-order valence-corrected chi connectivity index (χ4v) is 2.67. The van der Waals surface area contributed by atoms with Crippen LogP contribution >= 0.6 is 24.0 Å². The third-order valence-electron chi connectivity index (χ3n) is 4.16. The molecule has 2 rings (SSSR count). The van der Waals surface area contributed by atoms with Gasteiger partial charge in [0.15, 0.2) is 5.96 Å². The van der Waals surface area contributed by atoms with Crippen LogP contribution in [0.15, 0.2) is 53.5 Å². The van der Waals surface area contributed by atoms with Gasteiger partial charge in [-0.2, -0.15) is 0 Å². The maximum Gasteiger partial charge on any atom is 0.191 e. The summed E-state index contributed by atoms with van der Waals surface area (Å²) in [6.07, 6.45) is 0. The minimum absolute atomic E-state index is 0. The van der Waals surface area contributed by atoms with Crippen molar-refractivity contribution in [2.75, 3.05) is 34.8 Å². The molecule has 0 aliphatic carbocycles. The van der Waals surface area contributed by atoms with E-state index < -0.39 is 0 Å². The molecule has 1 atom stereocenters. The van der Waals surface area contributed by atoms with Gasteiger partial charge in [-0.3, -0.25) is 4.99 Å². The fourth-order valence-electron chi connectivity index (χ4n) is 2.67. The number of nitrogens with zero attached hydrogens (tertiary/aromatic N) is 2. The van der Waals surface area contributed by atoms with Crippen molar-refractivity contribution in [3.8, 4) is 5.75 Å². The van der Waals surface area contributed by atoms with Crippen LogP contribution in [0, 0.1) is 5.82 Å². The van der Waals surface area contributed by atoms with E-state index in [0.717, 1.165) is 11.3 Å². The van der Waals surface area contributed by atoms with Crippen molar-refractivity contribution in [1.29, 1.82) is 0 Å². The van der Waals surface area contributed by atoms with Crippen molar-refractivity contribution in [2.45, 2.75) is 12.6 Å². The summed E-state index contributed by atoms with van der Waals surface area (Å²) in [6.45, 7) is 1.19. The molecule has 2 N–H and O–H groups in total. The van der Waals surface area contributed by atoms with Crippen molar-refractivity contribution in [1.82, 2.24) is 15.5 Å². The molecule has 0 saturated heterocycles. The molecular weight excluding hydrogens is 458 g/mol. The molecule has 148 valence electrons. The highest BCUT2D eigenvalue weighted by Gasteiger charge is 2.14. The number of hydrogen-bond donors (Lipinski definition) is 2. The van der Waals surface area contributed by atoms with Crippen molar-refractivity contribution >= 4 is 29.9 Å². The minimum Gasteiger partial charge on any atom is -0.497 e. The number of nitrogens with one attached hydrogen (secondary N) is 2. The standard InChI is InChI=1S/C20H27FN4O.HI/c1-22-20(23-13-15-6-5-7-17(21)12-15)24-14-19(25(2)3)16-8-10-18(26-4)11-9-16;/h5-12,19H,13-14H2,1-4H3,(H2,22,23,24);1H. The SMILES string of the molecule is CN=C(NCc1cccc(F)c1)NCC(c1ccc(OC)cc1)N(C)C.I. The van der Waals surface area contributed by atoms with E-state index in [1.807, 2.05) is 32.3 Å². The predicted molar refractivity (Wildman–Crippen MR) is 119 cm³/mol. The zero-order valence-electron chi connectivity index (χ0n) is 16.2. The first kappa shape index (κ1) is 23.2. The molecule has 0 aliphatic rings. The smallest absolute Gasteiger partial charge is 0.191 e. The second kappa shape index (κ2) is 11.8. The van der Waals surface area contributed by atoms with Gasteiger partial charge in [-0.15, -0.1) is 24.0 Å². The number of halogens is 2. The van der Waals surface area contributed by atoms with E-state index in [1.54, 1.807) is 20.2 Å². The Labute approximate surface area is 178 Å². The van der Waals surface area contributed by atoms with Gasteiger partial charge in [0.05, 0.1) is 13.2 Å². The third-order valence-corrected chi connectivity index (χ3v) is 4.16. The monoisotopic (exact) mass is 486 g/mol. The molecule has 0 bridgehead atoms. The first-order valence-electron chi connectivity index (χ1n) is 8.53. The molecule has 0 amide bonds. The summed E-state index contributed by atoms with van der Waals surface area (Å²) in [5.41, 5.74) is 2.05. The first-order chi connectivity index (χ1) is 12.5. The van der Waals surface area contributed by atoms with Gasteiger partial charge in [0.2, 0.25) is 0 Å². The van der Waals surface area contributed by atoms with Crippen LogP contribution in [0.2, 0.25) is 0 Å². The Hall–Kier alpha value is -1.87. The van der Waals surface area contributed by atoms with Gasteiger partial charge in [0.25, 0.3) is 0 Å². The Morgan fingerprint density at radius 2 is 1.85 bits per heavy atom. The van der Waals surface area contributed by atoms with Crippen molar-refractivity contribution < 1.29 is 9.13 Å². The molecule has 27 heavy (non-hydrogen) atoms. The van der Waals surface area contributed by atoms with Crippen LogP contribution in [0.25, 0.3) is 0 Å². The number of hydrogen-bond acceptors (Lipinski definition) is 3. The van der Waals surface area contributed by atoms with Crippen molar-refractivity contribution in [3.63, 3.8) is 0 Å². The van der Waals surface area contributed by atoms with Crippen LogP contribution in [0.5, 0.6) is 5.75 Å². The average Bonchev–Trinajstić information content (AvgIpc) is 2.64. The van der Waals surface area contributed by atoms with Crippen LogP contribution in [0.1, 0.15) is 17.2 Å². The van der Waals surface area contributed by atoms with Gasteiger partial charge in [-0.05, 0) is 49.5 Å². The van der Waals surface area contributed by atoms with E-state index in [0.29, 0.717) is 19.0 Å². The molecule has 0 aromatic heterocycles.